The fourth-order valence-corrected chi connectivity index (χ4v) is 1.01. The van der Waals surface area contributed by atoms with E-state index in [9.17, 15) is 4.79 Å². The number of halogens is 1. The highest BCUT2D eigenvalue weighted by atomic mass is 79.9. The Labute approximate surface area is 66.8 Å². The molecule has 1 atom stereocenters. The summed E-state index contributed by atoms with van der Waals surface area (Å²) >= 11 is 2.90. The van der Waals surface area contributed by atoms with Crippen LogP contribution in [-0.2, 0) is 9.53 Å². The molecule has 1 N–H and O–H groups in total. The number of aliphatic hydroxyl groups excluding tert-OH is 1. The van der Waals surface area contributed by atoms with Gasteiger partial charge >= 0.3 is 5.97 Å². The van der Waals surface area contributed by atoms with Crippen molar-refractivity contribution in [2.45, 2.75) is 19.4 Å². The third-order valence-corrected chi connectivity index (χ3v) is 2.00. The zero-order valence-corrected chi connectivity index (χ0v) is 7.01. The van der Waals surface area contributed by atoms with E-state index in [0.717, 1.165) is 0 Å². The summed E-state index contributed by atoms with van der Waals surface area (Å²) in [6.45, 7) is 1.73. The molecule has 0 bridgehead atoms. The summed E-state index contributed by atoms with van der Waals surface area (Å²) in [6.07, 6.45) is 0.181. The van der Waals surface area contributed by atoms with Crippen LogP contribution in [0.2, 0.25) is 0 Å². The van der Waals surface area contributed by atoms with E-state index in [1.807, 2.05) is 0 Å². The lowest BCUT2D eigenvalue weighted by Crippen LogP contribution is -2.21. The van der Waals surface area contributed by atoms with Crippen molar-refractivity contribution in [3.63, 3.8) is 0 Å². The minimum atomic E-state index is -0.490. The van der Waals surface area contributed by atoms with E-state index < -0.39 is 5.97 Å². The van der Waals surface area contributed by atoms with Gasteiger partial charge in [0.1, 0.15) is 16.3 Å². The van der Waals surface area contributed by atoms with E-state index in [1.54, 1.807) is 6.92 Å². The largest absolute Gasteiger partial charge is 0.511 e. The van der Waals surface area contributed by atoms with Crippen molar-refractivity contribution in [3.8, 4) is 0 Å². The van der Waals surface area contributed by atoms with Gasteiger partial charge in [-0.3, -0.25) is 0 Å². The lowest BCUT2D eigenvalue weighted by atomic mass is 10.2. The van der Waals surface area contributed by atoms with E-state index in [1.165, 1.54) is 0 Å². The van der Waals surface area contributed by atoms with Crippen molar-refractivity contribution < 1.29 is 14.6 Å². The molecule has 10 heavy (non-hydrogen) atoms. The molecule has 0 aromatic rings. The highest BCUT2D eigenvalue weighted by Crippen LogP contribution is 2.23. The highest BCUT2D eigenvalue weighted by Gasteiger charge is 2.23. The average molecular weight is 207 g/mol. The molecule has 56 valence electrons. The van der Waals surface area contributed by atoms with Crippen LogP contribution < -0.4 is 0 Å². The molecule has 1 heterocycles. The van der Waals surface area contributed by atoms with Crippen LogP contribution in [0.5, 0.6) is 0 Å². The van der Waals surface area contributed by atoms with Crippen LogP contribution in [0.25, 0.3) is 0 Å². The number of hydrogen-bond acceptors (Lipinski definition) is 3. The number of rotatable bonds is 0. The number of aliphatic hydroxyl groups is 1. The van der Waals surface area contributed by atoms with Crippen molar-refractivity contribution in [2.24, 2.45) is 0 Å². The van der Waals surface area contributed by atoms with E-state index in [4.69, 9.17) is 9.84 Å². The number of carbonyl (C=O) groups is 1. The van der Waals surface area contributed by atoms with E-state index in [2.05, 4.69) is 15.9 Å². The Kier molecular flexibility index (Phi) is 1.99. The van der Waals surface area contributed by atoms with Crippen molar-refractivity contribution in [2.75, 3.05) is 0 Å². The lowest BCUT2D eigenvalue weighted by Gasteiger charge is -2.18. The molecule has 0 amide bonds. The fraction of sp³-hybridized carbons (Fsp3) is 0.500. The van der Waals surface area contributed by atoms with Crippen molar-refractivity contribution in [1.29, 1.82) is 0 Å². The third-order valence-electron chi connectivity index (χ3n) is 1.22. The molecule has 1 aliphatic rings. The second kappa shape index (κ2) is 2.62. The maximum absolute atomic E-state index is 10.7. The van der Waals surface area contributed by atoms with Gasteiger partial charge in [0.25, 0.3) is 0 Å². The molecule has 1 unspecified atom stereocenters. The van der Waals surface area contributed by atoms with Crippen LogP contribution in [0.4, 0.5) is 0 Å². The van der Waals surface area contributed by atoms with Crippen LogP contribution in [0.1, 0.15) is 13.3 Å². The van der Waals surface area contributed by atoms with Gasteiger partial charge in [0, 0.05) is 6.42 Å². The maximum Gasteiger partial charge on any atom is 0.348 e. The highest BCUT2D eigenvalue weighted by molar-refractivity contribution is 9.12. The van der Waals surface area contributed by atoms with Crippen molar-refractivity contribution in [3.05, 3.63) is 10.2 Å². The number of carbonyl (C=O) groups excluding carboxylic acids is 1. The normalized spacial score (nSPS) is 26.6. The summed E-state index contributed by atoms with van der Waals surface area (Å²) in [5.41, 5.74) is 0. The van der Waals surface area contributed by atoms with Gasteiger partial charge in [-0.25, -0.2) is 4.79 Å². The maximum atomic E-state index is 10.7. The predicted molar refractivity (Wildman–Crippen MR) is 38.8 cm³/mol. The molecule has 0 aromatic heterocycles. The van der Waals surface area contributed by atoms with Gasteiger partial charge in [-0.05, 0) is 22.9 Å². The minimum absolute atomic E-state index is 0.0729. The first-order valence-electron chi connectivity index (χ1n) is 2.90. The second-order valence-corrected chi connectivity index (χ2v) is 2.97. The van der Waals surface area contributed by atoms with E-state index in [-0.39, 0.29) is 16.3 Å². The van der Waals surface area contributed by atoms with Gasteiger partial charge in [-0.1, -0.05) is 0 Å². The van der Waals surface area contributed by atoms with Crippen molar-refractivity contribution >= 4 is 21.9 Å². The van der Waals surface area contributed by atoms with E-state index in [0.29, 0.717) is 6.42 Å². The first kappa shape index (κ1) is 7.60. The molecule has 4 heteroatoms. The number of cyclic esters (lactones) is 1. The molecule has 0 spiro atoms. The van der Waals surface area contributed by atoms with Crippen LogP contribution in [0.3, 0.4) is 0 Å². The Hall–Kier alpha value is -0.510. The van der Waals surface area contributed by atoms with Crippen LogP contribution in [-0.4, -0.2) is 17.2 Å². The summed E-state index contributed by atoms with van der Waals surface area (Å²) in [5.74, 6) is -0.417. The van der Waals surface area contributed by atoms with Gasteiger partial charge in [0.2, 0.25) is 0 Å². The molecular weight excluding hydrogens is 200 g/mol. The molecule has 0 saturated carbocycles. The first-order chi connectivity index (χ1) is 4.61. The van der Waals surface area contributed by atoms with Gasteiger partial charge in [0.15, 0.2) is 0 Å². The topological polar surface area (TPSA) is 46.5 Å². The lowest BCUT2D eigenvalue weighted by molar-refractivity contribution is -0.144. The minimum Gasteiger partial charge on any atom is -0.511 e. The zero-order valence-electron chi connectivity index (χ0n) is 5.43. The molecule has 1 aliphatic heterocycles. The molecule has 0 saturated heterocycles. The molecular formula is C6H7BrO3. The molecule has 0 radical (unpaired) electrons. The van der Waals surface area contributed by atoms with Crippen LogP contribution in [0, 0.1) is 0 Å². The Balaban J connectivity index is 2.85. The number of hydrogen-bond donors (Lipinski definition) is 1. The number of esters is 1. The second-order valence-electron chi connectivity index (χ2n) is 2.18. The summed E-state index contributed by atoms with van der Waals surface area (Å²) in [6, 6.07) is 0. The Bertz CT molecular complexity index is 197. The van der Waals surface area contributed by atoms with E-state index >= 15 is 0 Å². The summed E-state index contributed by atoms with van der Waals surface area (Å²) in [5, 5.41) is 9.05. The molecule has 3 nitrogen and oxygen atoms in total. The monoisotopic (exact) mass is 206 g/mol. The quantitative estimate of drug-likeness (QED) is 0.612. The molecule has 1 rings (SSSR count). The Morgan fingerprint density at radius 2 is 2.40 bits per heavy atom. The summed E-state index contributed by atoms with van der Waals surface area (Å²) in [7, 11) is 0. The Morgan fingerprint density at radius 3 is 2.90 bits per heavy atom. The molecule has 0 fully saturated rings. The SMILES string of the molecule is CC1CC(O)=C(Br)C(=O)O1. The van der Waals surface area contributed by atoms with Crippen molar-refractivity contribution in [1.82, 2.24) is 0 Å². The van der Waals surface area contributed by atoms with Gasteiger partial charge in [-0.15, -0.1) is 0 Å². The van der Waals surface area contributed by atoms with Crippen LogP contribution >= 0.6 is 15.9 Å². The van der Waals surface area contributed by atoms with Gasteiger partial charge in [0.05, 0.1) is 0 Å². The van der Waals surface area contributed by atoms with Crippen LogP contribution in [0.15, 0.2) is 10.2 Å². The fourth-order valence-electron chi connectivity index (χ4n) is 0.756. The predicted octanol–water partition coefficient (Wildman–Crippen LogP) is 1.49. The molecule has 0 aliphatic carbocycles. The Morgan fingerprint density at radius 1 is 1.80 bits per heavy atom. The first-order valence-corrected chi connectivity index (χ1v) is 3.69. The van der Waals surface area contributed by atoms with Gasteiger partial charge < -0.3 is 9.84 Å². The summed E-state index contributed by atoms with van der Waals surface area (Å²) < 4.78 is 4.91. The average Bonchev–Trinajstić information content (AvgIpc) is 1.82. The third kappa shape index (κ3) is 1.31. The van der Waals surface area contributed by atoms with Gasteiger partial charge in [-0.2, -0.15) is 0 Å². The molecule has 0 aromatic carbocycles. The summed E-state index contributed by atoms with van der Waals surface area (Å²) in [4.78, 5) is 10.7. The standard InChI is InChI=1S/C6H7BrO3/c1-3-2-4(8)5(7)6(9)10-3/h3,8H,2H2,1H3. The number of ether oxygens (including phenoxy) is 1. The smallest absolute Gasteiger partial charge is 0.348 e. The zero-order chi connectivity index (χ0) is 7.72.